The highest BCUT2D eigenvalue weighted by Gasteiger charge is 2.37. The highest BCUT2D eigenvalue weighted by molar-refractivity contribution is 5.99. The normalized spacial score (nSPS) is 14.2. The molecule has 8 atom stereocenters. The van der Waals surface area contributed by atoms with Gasteiger partial charge in [-0.1, -0.05) is 31.8 Å². The lowest BCUT2D eigenvalue weighted by Crippen LogP contribution is -2.53. The number of primary amides is 1. The number of hydrogen-bond acceptors (Lipinski definition) is 17. The summed E-state index contributed by atoms with van der Waals surface area (Å²) in [5.74, 6) is -16.4. The van der Waals surface area contributed by atoms with E-state index < -0.39 is 170 Å². The fourth-order valence-electron chi connectivity index (χ4n) is 7.92. The number of unbranched alkanes of at least 4 members (excludes halogenated alkanes) is 4. The number of nitrogens with zero attached hydrogens (tertiary/aromatic N) is 3. The van der Waals surface area contributed by atoms with Crippen LogP contribution in [0.4, 0.5) is 0 Å². The molecule has 0 spiro atoms. The lowest BCUT2D eigenvalue weighted by Gasteiger charge is -2.27. The van der Waals surface area contributed by atoms with Gasteiger partial charge in [0.2, 0.25) is 35.4 Å². The van der Waals surface area contributed by atoms with Crippen LogP contribution < -0.4 is 55.3 Å². The Hall–Kier alpha value is -6.61. The van der Waals surface area contributed by atoms with Crippen LogP contribution in [0, 0.1) is 23.7 Å². The summed E-state index contributed by atoms with van der Waals surface area (Å²) >= 11 is 0. The monoisotopic (exact) mass is 1070 g/mol. The van der Waals surface area contributed by atoms with Crippen LogP contribution >= 0.6 is 0 Å². The number of hydrogen-bond donors (Lipinski definition) is 13. The number of nitrogens with two attached hydrogens (primary N) is 5. The molecule has 0 aromatic rings. The molecular formula is C47H81N13O15. The molecule has 28 heteroatoms. The Morgan fingerprint density at radius 2 is 0.867 bits per heavy atom. The molecule has 28 nitrogen and oxygen atoms in total. The third-order valence-electron chi connectivity index (χ3n) is 12.2. The molecule has 0 aromatic carbocycles. The summed E-state index contributed by atoms with van der Waals surface area (Å²) in [6.45, 7) is 3.37. The third-order valence-corrected chi connectivity index (χ3v) is 12.2. The van der Waals surface area contributed by atoms with Gasteiger partial charge in [-0.15, -0.1) is 0 Å². The first-order valence-electron chi connectivity index (χ1n) is 25.3. The maximum Gasteiger partial charge on any atom is 0.305 e. The van der Waals surface area contributed by atoms with Crippen molar-refractivity contribution >= 4 is 70.7 Å². The number of carboxylic acid groups (broad SMARTS) is 3. The van der Waals surface area contributed by atoms with Crippen LogP contribution in [0.5, 0.6) is 0 Å². The maximum absolute atomic E-state index is 14.2. The Labute approximate surface area is 435 Å². The number of nitrogens with one attached hydrogen (secondary N) is 5. The van der Waals surface area contributed by atoms with Gasteiger partial charge in [0.25, 0.3) is 0 Å². The maximum atomic E-state index is 14.2. The Morgan fingerprint density at radius 3 is 1.31 bits per heavy atom. The number of Topliss-reactive ketones (excluding diaryl/α,β-unsaturated/α-hetero) is 3. The van der Waals surface area contributed by atoms with Crippen molar-refractivity contribution in [3.8, 4) is 0 Å². The molecule has 0 aliphatic heterocycles. The van der Waals surface area contributed by atoms with E-state index in [-0.39, 0.29) is 45.2 Å². The molecule has 0 radical (unpaired) electrons. The van der Waals surface area contributed by atoms with E-state index >= 15 is 0 Å². The number of carbonyl (C=O) groups excluding carboxylic acids is 9. The van der Waals surface area contributed by atoms with Crippen molar-refractivity contribution in [3.63, 3.8) is 0 Å². The first-order valence-corrected chi connectivity index (χ1v) is 25.3. The first-order chi connectivity index (χ1) is 35.5. The molecule has 0 aliphatic carbocycles. The molecule has 6 amide bonds. The van der Waals surface area contributed by atoms with Crippen LogP contribution in [0.1, 0.15) is 136 Å². The summed E-state index contributed by atoms with van der Waals surface area (Å²) in [7, 11) is 0. The Kier molecular flexibility index (Phi) is 35.5. The summed E-state index contributed by atoms with van der Waals surface area (Å²) in [6.07, 6.45) is -0.695. The van der Waals surface area contributed by atoms with Crippen molar-refractivity contribution in [2.24, 2.45) is 57.5 Å². The fourth-order valence-corrected chi connectivity index (χ4v) is 7.92. The van der Waals surface area contributed by atoms with Crippen LogP contribution in [-0.2, 0) is 57.5 Å². The van der Waals surface area contributed by atoms with E-state index in [4.69, 9.17) is 34.2 Å². The van der Waals surface area contributed by atoms with Crippen molar-refractivity contribution in [1.82, 2.24) is 26.6 Å². The molecule has 18 N–H and O–H groups in total. The number of rotatable bonds is 45. The van der Waals surface area contributed by atoms with Crippen molar-refractivity contribution < 1.29 is 72.9 Å². The Morgan fingerprint density at radius 1 is 0.467 bits per heavy atom. The molecule has 0 saturated carbocycles. The number of aliphatic carboxylic acids is 3. The summed E-state index contributed by atoms with van der Waals surface area (Å²) < 4.78 is 0. The number of ketones is 3. The van der Waals surface area contributed by atoms with Crippen LogP contribution in [0.3, 0.4) is 0 Å². The predicted octanol–water partition coefficient (Wildman–Crippen LogP) is -1.08. The minimum atomic E-state index is -1.82. The van der Waals surface area contributed by atoms with E-state index in [9.17, 15) is 72.9 Å². The van der Waals surface area contributed by atoms with Crippen LogP contribution in [0.15, 0.2) is 5.11 Å². The molecule has 0 aliphatic rings. The van der Waals surface area contributed by atoms with Gasteiger partial charge in [0, 0.05) is 48.3 Å². The van der Waals surface area contributed by atoms with Crippen LogP contribution in [-0.4, -0.2) is 149 Å². The third kappa shape index (κ3) is 29.8. The molecule has 0 aromatic heterocycles. The first kappa shape index (κ1) is 68.4. The van der Waals surface area contributed by atoms with Gasteiger partial charge in [0.05, 0.1) is 31.0 Å². The summed E-state index contributed by atoms with van der Waals surface area (Å²) in [5, 5.41) is 43.7. The molecular weight excluding hydrogens is 987 g/mol. The number of carboxylic acids is 3. The van der Waals surface area contributed by atoms with Crippen molar-refractivity contribution in [3.05, 3.63) is 10.4 Å². The largest absolute Gasteiger partial charge is 0.481 e. The molecule has 0 heterocycles. The van der Waals surface area contributed by atoms with E-state index in [1.54, 1.807) is 0 Å². The van der Waals surface area contributed by atoms with E-state index in [1.807, 2.05) is 0 Å². The average Bonchev–Trinajstić information content (AvgIpc) is 3.33. The highest BCUT2D eigenvalue weighted by atomic mass is 16.4. The lowest BCUT2D eigenvalue weighted by molar-refractivity contribution is -0.142. The van der Waals surface area contributed by atoms with E-state index in [2.05, 4.69) is 36.6 Å². The zero-order valence-corrected chi connectivity index (χ0v) is 43.1. The lowest BCUT2D eigenvalue weighted by atomic mass is 9.86. The molecule has 0 fully saturated rings. The highest BCUT2D eigenvalue weighted by Crippen LogP contribution is 2.23. The topological polar surface area (TPSA) is 505 Å². The zero-order chi connectivity index (χ0) is 57.0. The molecule has 0 bridgehead atoms. The Bertz CT molecular complexity index is 1970. The second kappa shape index (κ2) is 38.9. The van der Waals surface area contributed by atoms with Crippen molar-refractivity contribution in [1.29, 1.82) is 0 Å². The number of carbonyl (C=O) groups is 12. The van der Waals surface area contributed by atoms with E-state index in [0.717, 1.165) is 0 Å². The summed E-state index contributed by atoms with van der Waals surface area (Å²) in [4.78, 5) is 159. The predicted molar refractivity (Wildman–Crippen MR) is 270 cm³/mol. The van der Waals surface area contributed by atoms with Crippen LogP contribution in [0.2, 0.25) is 0 Å². The average molecular weight is 1070 g/mol. The van der Waals surface area contributed by atoms with Gasteiger partial charge in [0.1, 0.15) is 18.6 Å². The molecule has 0 saturated heterocycles. The van der Waals surface area contributed by atoms with Gasteiger partial charge in [-0.2, -0.15) is 0 Å². The van der Waals surface area contributed by atoms with Gasteiger partial charge in [-0.3, -0.25) is 57.5 Å². The quantitative estimate of drug-likeness (QED) is 0.0149. The summed E-state index contributed by atoms with van der Waals surface area (Å²) in [5.41, 5.74) is 36.8. The van der Waals surface area contributed by atoms with E-state index in [1.165, 1.54) is 13.8 Å². The minimum absolute atomic E-state index is 0.0341. The number of amides is 6. The second-order valence-corrected chi connectivity index (χ2v) is 18.7. The van der Waals surface area contributed by atoms with Gasteiger partial charge >= 0.3 is 17.9 Å². The van der Waals surface area contributed by atoms with Crippen LogP contribution in [0.25, 0.3) is 10.4 Å². The molecule has 0 unspecified atom stereocenters. The van der Waals surface area contributed by atoms with Gasteiger partial charge in [-0.25, -0.2) is 0 Å². The molecule has 424 valence electrons. The standard InChI is InChI=1S/C47H81N13O15/c1-27(2)30(23-38(63)32(15-16-40(65)66)57-47(75)35(25-42(69)70)55-39(64)26-54-60-53)46(74)59-34(24-41(67)68)37(62)22-29(12-4-8-18-49)44(72)56-31(13-5-9-19-50)36(61)21-28(11-3-7-17-48)45(73)58-33(43(52)71)14-6-10-20-51/h27-35H,3-26,48-51H2,1-2H3,(H2,52,71)(H,55,64)(H,56,72)(H,57,75)(H,58,73)(H,59,74)(H,65,66)(H,67,68)(H,69,70)/t28-,29-,30+,31+,32+,33+,34+,35+/m1/s1. The van der Waals surface area contributed by atoms with E-state index in [0.29, 0.717) is 64.5 Å². The molecule has 75 heavy (non-hydrogen) atoms. The molecule has 0 rings (SSSR count). The van der Waals surface area contributed by atoms with Gasteiger partial charge in [0.15, 0.2) is 17.3 Å². The fraction of sp³-hybridized carbons (Fsp3) is 0.745. The van der Waals surface area contributed by atoms with Gasteiger partial charge < -0.3 is 70.6 Å². The second-order valence-electron chi connectivity index (χ2n) is 18.7. The van der Waals surface area contributed by atoms with Crippen molar-refractivity contribution in [2.75, 3.05) is 32.7 Å². The van der Waals surface area contributed by atoms with Gasteiger partial charge in [-0.05, 0) is 108 Å². The zero-order valence-electron chi connectivity index (χ0n) is 43.1. The summed E-state index contributed by atoms with van der Waals surface area (Å²) in [6, 6.07) is -7.44. The Balaban J connectivity index is 6.76. The SMILES string of the molecule is CC(C)[C@H](CC(=O)[C@H](CCC(=O)O)NC(=O)[C@H](CC(=O)O)NC(=O)CN=[N+]=[N-])C(=O)N[C@@H](CC(=O)O)C(=O)C[C@@H](CCCCN)C(=O)N[C@@H](CCCCN)C(=O)C[C@@H](CCCCN)C(=O)N[C@@H](CCCCN)C(N)=O. The number of azide groups is 1. The smallest absolute Gasteiger partial charge is 0.305 e. The minimum Gasteiger partial charge on any atom is -0.481 e. The van der Waals surface area contributed by atoms with Crippen molar-refractivity contribution in [2.45, 2.75) is 166 Å².